The predicted octanol–water partition coefficient (Wildman–Crippen LogP) is 2.58. The third-order valence-electron chi connectivity index (χ3n) is 3.33. The molecule has 0 bridgehead atoms. The maximum absolute atomic E-state index is 11.5. The minimum absolute atomic E-state index is 0.0522. The van der Waals surface area contributed by atoms with E-state index in [0.717, 1.165) is 5.69 Å². The number of hydrogen-bond donors (Lipinski definition) is 1. The molecule has 3 heteroatoms. The molecule has 1 aliphatic rings. The van der Waals surface area contributed by atoms with Crippen LogP contribution in [0, 0.1) is 5.92 Å². The van der Waals surface area contributed by atoms with Crippen LogP contribution in [0.2, 0.25) is 0 Å². The summed E-state index contributed by atoms with van der Waals surface area (Å²) in [6.45, 7) is 8.63. The zero-order valence-electron chi connectivity index (χ0n) is 10.9. The summed E-state index contributed by atoms with van der Waals surface area (Å²) in [5.41, 5.74) is 2.30. The van der Waals surface area contributed by atoms with Crippen LogP contribution in [0.25, 0.3) is 0 Å². The Morgan fingerprint density at radius 2 is 2.12 bits per heavy atom. The molecule has 17 heavy (non-hydrogen) atoms. The maximum Gasteiger partial charge on any atom is 0.220 e. The number of carbonyl (C=O) groups is 1. The van der Waals surface area contributed by atoms with E-state index in [2.05, 4.69) is 44.1 Å². The summed E-state index contributed by atoms with van der Waals surface area (Å²) in [4.78, 5) is 16.0. The zero-order chi connectivity index (χ0) is 12.6. The van der Waals surface area contributed by atoms with Gasteiger partial charge in [0.1, 0.15) is 0 Å². The first-order chi connectivity index (χ1) is 7.89. The quantitative estimate of drug-likeness (QED) is 0.808. The lowest BCUT2D eigenvalue weighted by Gasteiger charge is -2.26. The summed E-state index contributed by atoms with van der Waals surface area (Å²) in [6.07, 6.45) is 2.41. The van der Waals surface area contributed by atoms with Gasteiger partial charge in [-0.2, -0.15) is 0 Å². The van der Waals surface area contributed by atoms with E-state index in [1.807, 2.05) is 12.3 Å². The van der Waals surface area contributed by atoms with Gasteiger partial charge in [0.05, 0.1) is 11.7 Å². The number of pyridine rings is 1. The Morgan fingerprint density at radius 1 is 1.41 bits per heavy atom. The summed E-state index contributed by atoms with van der Waals surface area (Å²) < 4.78 is 0. The van der Waals surface area contributed by atoms with Crippen LogP contribution < -0.4 is 5.32 Å². The topological polar surface area (TPSA) is 42.0 Å². The Kier molecular flexibility index (Phi) is 2.94. The van der Waals surface area contributed by atoms with Crippen LogP contribution in [0.5, 0.6) is 0 Å². The van der Waals surface area contributed by atoms with E-state index in [0.29, 0.717) is 12.3 Å². The second kappa shape index (κ2) is 4.13. The van der Waals surface area contributed by atoms with E-state index in [1.54, 1.807) is 0 Å². The summed E-state index contributed by atoms with van der Waals surface area (Å²) in [7, 11) is 0. The lowest BCUT2D eigenvalue weighted by atomic mass is 9.82. The standard InChI is InChI=1S/C14H20N2O/c1-9-8-11(17)16-12(9)13-10(14(2,3)4)6-5-7-15-13/h5-7,9,12H,8H2,1-4H3,(H,16,17). The van der Waals surface area contributed by atoms with Crippen LogP contribution in [0.4, 0.5) is 0 Å². The molecule has 92 valence electrons. The van der Waals surface area contributed by atoms with Gasteiger partial charge in [-0.1, -0.05) is 33.8 Å². The molecule has 1 aromatic heterocycles. The normalized spacial score (nSPS) is 24.8. The monoisotopic (exact) mass is 232 g/mol. The molecular weight excluding hydrogens is 212 g/mol. The van der Waals surface area contributed by atoms with E-state index in [4.69, 9.17) is 0 Å². The fourth-order valence-electron chi connectivity index (χ4n) is 2.42. The number of aromatic nitrogens is 1. The van der Waals surface area contributed by atoms with Crippen molar-refractivity contribution >= 4 is 5.91 Å². The van der Waals surface area contributed by atoms with Crippen LogP contribution in [0.15, 0.2) is 18.3 Å². The van der Waals surface area contributed by atoms with Gasteiger partial charge >= 0.3 is 0 Å². The Hall–Kier alpha value is -1.38. The van der Waals surface area contributed by atoms with Crippen molar-refractivity contribution in [1.29, 1.82) is 0 Å². The summed E-state index contributed by atoms with van der Waals surface area (Å²) in [5, 5.41) is 3.03. The van der Waals surface area contributed by atoms with Crippen molar-refractivity contribution in [2.45, 2.75) is 45.6 Å². The van der Waals surface area contributed by atoms with Crippen LogP contribution in [0.1, 0.15) is 51.4 Å². The molecule has 2 heterocycles. The number of hydrogen-bond acceptors (Lipinski definition) is 2. The van der Waals surface area contributed by atoms with Gasteiger partial charge in [-0.05, 0) is 23.0 Å². The molecule has 0 radical (unpaired) electrons. The summed E-state index contributed by atoms with van der Waals surface area (Å²) in [5.74, 6) is 0.450. The van der Waals surface area contributed by atoms with Gasteiger partial charge in [0, 0.05) is 12.6 Å². The lowest BCUT2D eigenvalue weighted by molar-refractivity contribution is -0.119. The first-order valence-corrected chi connectivity index (χ1v) is 6.14. The van der Waals surface area contributed by atoms with Crippen LogP contribution >= 0.6 is 0 Å². The van der Waals surface area contributed by atoms with E-state index in [-0.39, 0.29) is 17.4 Å². The fourth-order valence-corrected chi connectivity index (χ4v) is 2.42. The lowest BCUT2D eigenvalue weighted by Crippen LogP contribution is -2.25. The number of nitrogens with one attached hydrogen (secondary N) is 1. The van der Waals surface area contributed by atoms with Crippen LogP contribution in [-0.4, -0.2) is 10.9 Å². The van der Waals surface area contributed by atoms with Crippen molar-refractivity contribution in [2.24, 2.45) is 5.92 Å². The average molecular weight is 232 g/mol. The molecule has 1 aliphatic heterocycles. The average Bonchev–Trinajstić information content (AvgIpc) is 2.56. The van der Waals surface area contributed by atoms with Crippen LogP contribution in [0.3, 0.4) is 0 Å². The summed E-state index contributed by atoms with van der Waals surface area (Å²) in [6, 6.07) is 4.14. The number of carbonyl (C=O) groups excluding carboxylic acids is 1. The van der Waals surface area contributed by atoms with E-state index in [1.165, 1.54) is 5.56 Å². The molecule has 1 amide bonds. The van der Waals surface area contributed by atoms with Gasteiger partial charge in [0.2, 0.25) is 5.91 Å². The largest absolute Gasteiger partial charge is 0.347 e. The molecule has 2 unspecified atom stereocenters. The highest BCUT2D eigenvalue weighted by atomic mass is 16.2. The van der Waals surface area contributed by atoms with Gasteiger partial charge in [0.25, 0.3) is 0 Å². The molecular formula is C14H20N2O. The minimum Gasteiger partial charge on any atom is -0.347 e. The Balaban J connectivity index is 2.42. The molecule has 2 rings (SSSR count). The first-order valence-electron chi connectivity index (χ1n) is 6.14. The number of nitrogens with zero attached hydrogens (tertiary/aromatic N) is 1. The number of amides is 1. The zero-order valence-corrected chi connectivity index (χ0v) is 10.9. The van der Waals surface area contributed by atoms with Crippen molar-refractivity contribution in [1.82, 2.24) is 10.3 Å². The van der Waals surface area contributed by atoms with E-state index in [9.17, 15) is 4.79 Å². The third-order valence-corrected chi connectivity index (χ3v) is 3.33. The number of rotatable bonds is 1. The van der Waals surface area contributed by atoms with Crippen LogP contribution in [-0.2, 0) is 10.2 Å². The van der Waals surface area contributed by atoms with Crippen molar-refractivity contribution in [2.75, 3.05) is 0 Å². The molecule has 1 saturated heterocycles. The molecule has 3 nitrogen and oxygen atoms in total. The second-order valence-electron chi connectivity index (χ2n) is 5.91. The maximum atomic E-state index is 11.5. The Morgan fingerprint density at radius 3 is 2.65 bits per heavy atom. The van der Waals surface area contributed by atoms with Crippen molar-refractivity contribution in [3.8, 4) is 0 Å². The van der Waals surface area contributed by atoms with Crippen molar-refractivity contribution in [3.05, 3.63) is 29.6 Å². The molecule has 1 N–H and O–H groups in total. The first kappa shape index (κ1) is 12.1. The molecule has 1 fully saturated rings. The predicted molar refractivity (Wildman–Crippen MR) is 67.6 cm³/mol. The SMILES string of the molecule is CC1CC(=O)NC1c1ncccc1C(C)(C)C. The molecule has 0 aromatic carbocycles. The highest BCUT2D eigenvalue weighted by Crippen LogP contribution is 2.34. The van der Waals surface area contributed by atoms with E-state index >= 15 is 0 Å². The Bertz CT molecular complexity index is 434. The van der Waals surface area contributed by atoms with Gasteiger partial charge in [0.15, 0.2) is 0 Å². The highest BCUT2D eigenvalue weighted by molar-refractivity contribution is 5.79. The van der Waals surface area contributed by atoms with Gasteiger partial charge in [-0.3, -0.25) is 9.78 Å². The fraction of sp³-hybridized carbons (Fsp3) is 0.571. The minimum atomic E-state index is 0.0522. The second-order valence-corrected chi connectivity index (χ2v) is 5.91. The van der Waals surface area contributed by atoms with Crippen molar-refractivity contribution in [3.63, 3.8) is 0 Å². The van der Waals surface area contributed by atoms with Gasteiger partial charge in [-0.15, -0.1) is 0 Å². The molecule has 0 aliphatic carbocycles. The van der Waals surface area contributed by atoms with E-state index < -0.39 is 0 Å². The molecule has 2 atom stereocenters. The Labute approximate surface area is 103 Å². The van der Waals surface area contributed by atoms with Gasteiger partial charge < -0.3 is 5.32 Å². The highest BCUT2D eigenvalue weighted by Gasteiger charge is 2.34. The molecule has 0 saturated carbocycles. The summed E-state index contributed by atoms with van der Waals surface area (Å²) >= 11 is 0. The van der Waals surface area contributed by atoms with Crippen molar-refractivity contribution < 1.29 is 4.79 Å². The molecule has 1 aromatic rings. The third kappa shape index (κ3) is 2.33. The van der Waals surface area contributed by atoms with Gasteiger partial charge in [-0.25, -0.2) is 0 Å². The molecule has 0 spiro atoms. The smallest absolute Gasteiger partial charge is 0.220 e.